The summed E-state index contributed by atoms with van der Waals surface area (Å²) in [5.74, 6) is 0.664. The van der Waals surface area contributed by atoms with Crippen molar-refractivity contribution in [3.63, 3.8) is 0 Å². The van der Waals surface area contributed by atoms with E-state index in [9.17, 15) is 9.90 Å². The van der Waals surface area contributed by atoms with Crippen molar-refractivity contribution in [2.45, 2.75) is 20.0 Å². The summed E-state index contributed by atoms with van der Waals surface area (Å²) in [4.78, 5) is 12.0. The topological polar surface area (TPSA) is 37.3 Å². The highest BCUT2D eigenvalue weighted by Crippen LogP contribution is 2.49. The van der Waals surface area contributed by atoms with Crippen LogP contribution in [0, 0.1) is 17.8 Å². The van der Waals surface area contributed by atoms with Gasteiger partial charge in [0.2, 0.25) is 0 Å². The normalized spacial score (nSPS) is 31.0. The van der Waals surface area contributed by atoms with Crippen LogP contribution in [0.25, 0.3) is 0 Å². The van der Waals surface area contributed by atoms with E-state index in [4.69, 9.17) is 0 Å². The highest BCUT2D eigenvalue weighted by atomic mass is 16.3. The van der Waals surface area contributed by atoms with Crippen LogP contribution in [0.2, 0.25) is 0 Å². The zero-order valence-electron chi connectivity index (χ0n) is 9.05. The summed E-state index contributed by atoms with van der Waals surface area (Å²) in [7, 11) is 0. The number of aliphatic hydroxyl groups excluding tert-OH is 1. The fraction of sp³-hybridized carbons (Fsp3) is 0.462. The highest BCUT2D eigenvalue weighted by molar-refractivity contribution is 6.00. The molecule has 0 unspecified atom stereocenters. The molecule has 15 heavy (non-hydrogen) atoms. The Hall–Kier alpha value is -1.15. The Bertz CT molecular complexity index is 356. The van der Waals surface area contributed by atoms with Gasteiger partial charge >= 0.3 is 0 Å². The number of ketones is 1. The molecule has 0 saturated heterocycles. The van der Waals surface area contributed by atoms with Crippen molar-refractivity contribution >= 4 is 5.78 Å². The van der Waals surface area contributed by atoms with E-state index in [0.29, 0.717) is 5.92 Å². The van der Waals surface area contributed by atoms with Crippen molar-refractivity contribution in [1.82, 2.24) is 0 Å². The summed E-state index contributed by atoms with van der Waals surface area (Å²) in [6, 6.07) is 9.33. The number of hydrogen-bond donors (Lipinski definition) is 1. The minimum atomic E-state index is -0.377. The number of carbonyl (C=O) groups excluding carboxylic acids is 1. The fourth-order valence-electron chi connectivity index (χ4n) is 2.44. The van der Waals surface area contributed by atoms with Crippen molar-refractivity contribution in [2.24, 2.45) is 17.8 Å². The van der Waals surface area contributed by atoms with Gasteiger partial charge in [0.1, 0.15) is 0 Å². The summed E-state index contributed by atoms with van der Waals surface area (Å²) in [5.41, 5.74) is 0.762. The lowest BCUT2D eigenvalue weighted by atomic mass is 10.0. The summed E-state index contributed by atoms with van der Waals surface area (Å²) in [6.45, 7) is 3.79. The van der Waals surface area contributed by atoms with E-state index in [-0.39, 0.29) is 23.7 Å². The van der Waals surface area contributed by atoms with E-state index < -0.39 is 0 Å². The molecule has 1 aliphatic rings. The maximum absolute atomic E-state index is 12.0. The Morgan fingerprint density at radius 2 is 1.93 bits per heavy atom. The van der Waals surface area contributed by atoms with E-state index in [0.717, 1.165) is 5.56 Å². The van der Waals surface area contributed by atoms with Crippen LogP contribution < -0.4 is 0 Å². The molecule has 2 heteroatoms. The molecule has 4 atom stereocenters. The molecule has 1 aromatic carbocycles. The van der Waals surface area contributed by atoms with Crippen molar-refractivity contribution in [1.29, 1.82) is 0 Å². The summed E-state index contributed by atoms with van der Waals surface area (Å²) in [5, 5.41) is 9.48. The molecule has 0 aromatic heterocycles. The van der Waals surface area contributed by atoms with Gasteiger partial charge in [0.15, 0.2) is 5.78 Å². The van der Waals surface area contributed by atoms with Crippen LogP contribution in [0.5, 0.6) is 0 Å². The van der Waals surface area contributed by atoms with Gasteiger partial charge < -0.3 is 5.11 Å². The largest absolute Gasteiger partial charge is 0.393 e. The molecular formula is C13H16O2. The number of Topliss-reactive ketones (excluding diaryl/α,β-unsaturated/α-hetero) is 1. The van der Waals surface area contributed by atoms with Gasteiger partial charge in [-0.3, -0.25) is 4.79 Å². The highest BCUT2D eigenvalue weighted by Gasteiger charge is 2.53. The van der Waals surface area contributed by atoms with E-state index in [2.05, 4.69) is 0 Å². The smallest absolute Gasteiger partial charge is 0.166 e. The Morgan fingerprint density at radius 1 is 1.33 bits per heavy atom. The van der Waals surface area contributed by atoms with Gasteiger partial charge in [0, 0.05) is 11.5 Å². The van der Waals surface area contributed by atoms with Gasteiger partial charge in [-0.05, 0) is 18.8 Å². The number of benzene rings is 1. The van der Waals surface area contributed by atoms with Crippen molar-refractivity contribution in [3.05, 3.63) is 35.9 Å². The summed E-state index contributed by atoms with van der Waals surface area (Å²) in [6.07, 6.45) is -0.377. The summed E-state index contributed by atoms with van der Waals surface area (Å²) >= 11 is 0. The van der Waals surface area contributed by atoms with Crippen molar-refractivity contribution in [2.75, 3.05) is 0 Å². The second-order valence-corrected chi connectivity index (χ2v) is 4.43. The minimum absolute atomic E-state index is 0.0207. The molecule has 0 heterocycles. The van der Waals surface area contributed by atoms with Crippen molar-refractivity contribution in [3.8, 4) is 0 Å². The number of hydrogen-bond acceptors (Lipinski definition) is 2. The summed E-state index contributed by atoms with van der Waals surface area (Å²) < 4.78 is 0. The van der Waals surface area contributed by atoms with Crippen LogP contribution in [0.3, 0.4) is 0 Å². The van der Waals surface area contributed by atoms with Gasteiger partial charge in [-0.15, -0.1) is 0 Å². The number of rotatable bonds is 3. The van der Waals surface area contributed by atoms with Crippen LogP contribution in [0.4, 0.5) is 0 Å². The lowest BCUT2D eigenvalue weighted by molar-refractivity contribution is 0.0932. The third-order valence-corrected chi connectivity index (χ3v) is 3.37. The molecule has 1 saturated carbocycles. The average Bonchev–Trinajstić information content (AvgIpc) is 2.90. The van der Waals surface area contributed by atoms with Crippen LogP contribution in [-0.2, 0) is 0 Å². The number of aliphatic hydroxyl groups is 1. The maximum atomic E-state index is 12.0. The average molecular weight is 204 g/mol. The molecule has 2 nitrogen and oxygen atoms in total. The fourth-order valence-corrected chi connectivity index (χ4v) is 2.44. The van der Waals surface area contributed by atoms with Crippen LogP contribution in [0.15, 0.2) is 30.3 Å². The van der Waals surface area contributed by atoms with Crippen LogP contribution >= 0.6 is 0 Å². The molecule has 0 amide bonds. The Morgan fingerprint density at radius 3 is 2.40 bits per heavy atom. The molecule has 2 rings (SSSR count). The molecule has 0 spiro atoms. The molecule has 1 aromatic rings. The van der Waals surface area contributed by atoms with Crippen LogP contribution in [-0.4, -0.2) is 17.0 Å². The second kappa shape index (κ2) is 3.78. The Labute approximate surface area is 89.9 Å². The minimum Gasteiger partial charge on any atom is -0.393 e. The van der Waals surface area contributed by atoms with Gasteiger partial charge in [-0.1, -0.05) is 37.3 Å². The first-order chi connectivity index (χ1) is 7.13. The molecule has 1 aliphatic carbocycles. The zero-order chi connectivity index (χ0) is 11.0. The Balaban J connectivity index is 2.12. The first kappa shape index (κ1) is 10.4. The second-order valence-electron chi connectivity index (χ2n) is 4.43. The molecule has 1 fully saturated rings. The van der Waals surface area contributed by atoms with Crippen LogP contribution in [0.1, 0.15) is 24.2 Å². The van der Waals surface area contributed by atoms with E-state index in [1.165, 1.54) is 0 Å². The first-order valence-corrected chi connectivity index (χ1v) is 5.40. The monoisotopic (exact) mass is 204 g/mol. The third kappa shape index (κ3) is 1.82. The van der Waals surface area contributed by atoms with E-state index in [1.807, 2.05) is 37.3 Å². The van der Waals surface area contributed by atoms with E-state index >= 15 is 0 Å². The molecule has 1 N–H and O–H groups in total. The zero-order valence-corrected chi connectivity index (χ0v) is 9.05. The predicted octanol–water partition coefficient (Wildman–Crippen LogP) is 2.13. The third-order valence-electron chi connectivity index (χ3n) is 3.37. The molecule has 0 aliphatic heterocycles. The van der Waals surface area contributed by atoms with E-state index in [1.54, 1.807) is 6.92 Å². The molecular weight excluding hydrogens is 188 g/mol. The number of carbonyl (C=O) groups is 1. The maximum Gasteiger partial charge on any atom is 0.166 e. The lowest BCUT2D eigenvalue weighted by Crippen LogP contribution is -2.10. The standard InChI is InChI=1S/C13H16O2/c1-8-11(9(2)14)12(8)13(15)10-6-4-3-5-7-10/h3-9,11-12,14H,1-2H3/t8-,9+,11+,12+/m1/s1. The quantitative estimate of drug-likeness (QED) is 0.766. The van der Waals surface area contributed by atoms with Gasteiger partial charge in [0.05, 0.1) is 6.10 Å². The molecule has 0 radical (unpaired) electrons. The SMILES string of the molecule is C[C@H]1[C@H](C(=O)c2ccccc2)[C@@H]1[C@H](C)O. The lowest BCUT2D eigenvalue weighted by Gasteiger charge is -2.02. The van der Waals surface area contributed by atoms with Gasteiger partial charge in [-0.2, -0.15) is 0 Å². The van der Waals surface area contributed by atoms with Crippen molar-refractivity contribution < 1.29 is 9.90 Å². The predicted molar refractivity (Wildman–Crippen MR) is 58.6 cm³/mol. The van der Waals surface area contributed by atoms with Gasteiger partial charge in [-0.25, -0.2) is 0 Å². The van der Waals surface area contributed by atoms with Gasteiger partial charge in [0.25, 0.3) is 0 Å². The molecule has 80 valence electrons. The first-order valence-electron chi connectivity index (χ1n) is 5.40. The Kier molecular flexibility index (Phi) is 2.61. The molecule has 0 bridgehead atoms.